The number of carbonyl (C=O) groups is 1. The summed E-state index contributed by atoms with van der Waals surface area (Å²) in [7, 11) is 0. The number of fused-ring (bicyclic) bond motifs is 1. The second-order valence-corrected chi connectivity index (χ2v) is 6.77. The van der Waals surface area contributed by atoms with Gasteiger partial charge in [-0.05, 0) is 5.56 Å². The van der Waals surface area contributed by atoms with Crippen LogP contribution in [-0.2, 0) is 16.0 Å². The molecule has 0 saturated carbocycles. The van der Waals surface area contributed by atoms with E-state index in [9.17, 15) is 20.1 Å². The van der Waals surface area contributed by atoms with Gasteiger partial charge in [0.25, 0.3) is 6.29 Å². The van der Waals surface area contributed by atoms with Crippen molar-refractivity contribution in [2.24, 2.45) is 0 Å². The van der Waals surface area contributed by atoms with Crippen molar-refractivity contribution < 1.29 is 34.8 Å². The normalized spacial score (nSPS) is 26.6. The molecule has 30 heavy (non-hydrogen) atoms. The summed E-state index contributed by atoms with van der Waals surface area (Å²) in [6.07, 6.45) is -7.17. The van der Waals surface area contributed by atoms with Crippen molar-refractivity contribution in [2.75, 3.05) is 5.73 Å². The summed E-state index contributed by atoms with van der Waals surface area (Å²) in [5, 5.41) is 39.0. The zero-order valence-electron chi connectivity index (χ0n) is 15.4. The summed E-state index contributed by atoms with van der Waals surface area (Å²) in [6, 6.07) is 9.46. The Balaban J connectivity index is 1.63. The predicted molar refractivity (Wildman–Crippen MR) is 99.9 cm³/mol. The van der Waals surface area contributed by atoms with Crippen LogP contribution in [0.25, 0.3) is 11.2 Å². The summed E-state index contributed by atoms with van der Waals surface area (Å²) in [6.45, 7) is 0. The molecule has 2 aromatic heterocycles. The molecule has 12 heteroatoms. The van der Waals surface area contributed by atoms with E-state index in [1.165, 1.54) is 6.33 Å². The second kappa shape index (κ2) is 7.84. The zero-order chi connectivity index (χ0) is 21.4. The number of aliphatic carboxylic acids is 1. The van der Waals surface area contributed by atoms with Gasteiger partial charge in [-0.15, -0.1) is 4.73 Å². The Hall–Kier alpha value is -3.32. The Morgan fingerprint density at radius 2 is 1.87 bits per heavy atom. The number of benzene rings is 1. The Morgan fingerprint density at radius 1 is 1.13 bits per heavy atom. The van der Waals surface area contributed by atoms with Crippen LogP contribution in [0.4, 0.5) is 5.82 Å². The number of aromatic nitrogens is 4. The number of nitrogen functional groups attached to an aromatic ring is 1. The van der Waals surface area contributed by atoms with E-state index in [1.54, 1.807) is 0 Å². The molecule has 1 fully saturated rings. The van der Waals surface area contributed by atoms with Crippen LogP contribution in [0.5, 0.6) is 0 Å². The molecule has 1 aliphatic heterocycles. The first kappa shape index (κ1) is 20.0. The summed E-state index contributed by atoms with van der Waals surface area (Å²) in [5.41, 5.74) is 7.32. The molecule has 3 aromatic rings. The molecule has 158 valence electrons. The second-order valence-electron chi connectivity index (χ2n) is 6.77. The number of nitrogens with two attached hydrogens (primary N) is 1. The monoisotopic (exact) mass is 417 g/mol. The highest BCUT2D eigenvalue weighted by Crippen LogP contribution is 2.23. The van der Waals surface area contributed by atoms with Crippen LogP contribution in [0.2, 0.25) is 0 Å². The zero-order valence-corrected chi connectivity index (χ0v) is 15.4. The summed E-state index contributed by atoms with van der Waals surface area (Å²) < 4.78 is 6.16. The number of hydrogen-bond donors (Lipinski definition) is 5. The fourth-order valence-corrected chi connectivity index (χ4v) is 3.13. The number of nitrogens with zero attached hydrogens (tertiary/aromatic N) is 4. The highest BCUT2D eigenvalue weighted by molar-refractivity contribution is 5.81. The third kappa shape index (κ3) is 3.64. The maximum Gasteiger partial charge on any atom is 0.335 e. The van der Waals surface area contributed by atoms with Crippen molar-refractivity contribution >= 4 is 23.0 Å². The van der Waals surface area contributed by atoms with Crippen LogP contribution in [0, 0.1) is 0 Å². The van der Waals surface area contributed by atoms with Crippen LogP contribution in [0.1, 0.15) is 11.4 Å². The fraction of sp³-hybridized carbons (Fsp3) is 0.333. The lowest BCUT2D eigenvalue weighted by molar-refractivity contribution is -0.292. The van der Waals surface area contributed by atoms with Gasteiger partial charge < -0.3 is 35.7 Å². The Bertz CT molecular complexity index is 1060. The summed E-state index contributed by atoms with van der Waals surface area (Å²) in [4.78, 5) is 29.4. The lowest BCUT2D eigenvalue weighted by Gasteiger charge is -2.37. The lowest BCUT2D eigenvalue weighted by Crippen LogP contribution is -2.62. The highest BCUT2D eigenvalue weighted by atomic mass is 16.8. The molecule has 1 saturated heterocycles. The standard InChI is InChI=1S/C18H19N5O7/c19-15-10-16(22-9(21-15)6-8-4-2-1-3-5-8)23(7-20-10)30-18-13(26)11(24)12(25)14(29-18)17(27)28/h1-5,7,11-14,18,24-26H,6H2,(H,27,28)(H2,19,21,22)/t11-,12-,13+,14-,18?/m0/s1. The number of imidazole rings is 1. The first-order valence-corrected chi connectivity index (χ1v) is 8.98. The summed E-state index contributed by atoms with van der Waals surface area (Å²) in [5.74, 6) is -1.02. The van der Waals surface area contributed by atoms with Crippen LogP contribution in [-0.4, -0.2) is 76.8 Å². The van der Waals surface area contributed by atoms with Gasteiger partial charge in [-0.3, -0.25) is 0 Å². The topological polar surface area (TPSA) is 186 Å². The number of rotatable bonds is 5. The Morgan fingerprint density at radius 3 is 2.57 bits per heavy atom. The van der Waals surface area contributed by atoms with Gasteiger partial charge in [-0.1, -0.05) is 30.3 Å². The fourth-order valence-electron chi connectivity index (χ4n) is 3.13. The smallest absolute Gasteiger partial charge is 0.335 e. The number of anilines is 1. The van der Waals surface area contributed by atoms with Crippen molar-refractivity contribution in [3.05, 3.63) is 48.0 Å². The molecular formula is C18H19N5O7. The van der Waals surface area contributed by atoms with Gasteiger partial charge in [0.15, 0.2) is 17.4 Å². The van der Waals surface area contributed by atoms with Crippen LogP contribution < -0.4 is 10.6 Å². The molecule has 5 atom stereocenters. The number of carboxylic acids is 1. The molecular weight excluding hydrogens is 398 g/mol. The van der Waals surface area contributed by atoms with E-state index in [4.69, 9.17) is 20.4 Å². The molecule has 0 radical (unpaired) electrons. The number of ether oxygens (including phenoxy) is 1. The minimum absolute atomic E-state index is 0.109. The van der Waals surface area contributed by atoms with Gasteiger partial charge in [0.2, 0.25) is 5.65 Å². The maximum atomic E-state index is 11.3. The van der Waals surface area contributed by atoms with E-state index in [2.05, 4.69) is 15.0 Å². The molecule has 1 unspecified atom stereocenters. The SMILES string of the molecule is Nc1nc(Cc2ccccc2)nc2c1ncn2OC1O[C@H](C(=O)O)[C@@H](O)[C@H](O)[C@H]1O. The molecule has 6 N–H and O–H groups in total. The first-order valence-electron chi connectivity index (χ1n) is 8.98. The van der Waals surface area contributed by atoms with E-state index in [1.807, 2.05) is 30.3 Å². The molecule has 1 aromatic carbocycles. The largest absolute Gasteiger partial charge is 0.479 e. The number of aliphatic hydroxyl groups excluding tert-OH is 3. The molecule has 3 heterocycles. The van der Waals surface area contributed by atoms with E-state index >= 15 is 0 Å². The minimum Gasteiger partial charge on any atom is -0.479 e. The molecule has 4 rings (SSSR count). The van der Waals surface area contributed by atoms with E-state index < -0.39 is 36.7 Å². The molecule has 0 aliphatic carbocycles. The molecule has 1 aliphatic rings. The van der Waals surface area contributed by atoms with Crippen molar-refractivity contribution in [3.63, 3.8) is 0 Å². The van der Waals surface area contributed by atoms with Crippen LogP contribution in [0.3, 0.4) is 0 Å². The molecule has 12 nitrogen and oxygen atoms in total. The third-order valence-corrected chi connectivity index (χ3v) is 4.67. The predicted octanol–water partition coefficient (Wildman–Crippen LogP) is -1.68. The van der Waals surface area contributed by atoms with Crippen LogP contribution in [0.15, 0.2) is 36.7 Å². The van der Waals surface area contributed by atoms with Gasteiger partial charge >= 0.3 is 5.97 Å². The average molecular weight is 417 g/mol. The lowest BCUT2D eigenvalue weighted by atomic mass is 9.99. The maximum absolute atomic E-state index is 11.3. The van der Waals surface area contributed by atoms with Gasteiger partial charge in [-0.25, -0.2) is 19.7 Å². The van der Waals surface area contributed by atoms with Crippen molar-refractivity contribution in [2.45, 2.75) is 37.1 Å². The summed E-state index contributed by atoms with van der Waals surface area (Å²) >= 11 is 0. The molecule has 0 amide bonds. The van der Waals surface area contributed by atoms with E-state index in [0.717, 1.165) is 10.3 Å². The molecule has 0 bridgehead atoms. The number of aliphatic hydroxyl groups is 3. The molecule has 0 spiro atoms. The minimum atomic E-state index is -1.83. The first-order chi connectivity index (χ1) is 14.3. The number of carboxylic acid groups (broad SMARTS) is 1. The highest BCUT2D eigenvalue weighted by Gasteiger charge is 2.48. The van der Waals surface area contributed by atoms with Gasteiger partial charge in [0, 0.05) is 6.42 Å². The quantitative estimate of drug-likeness (QED) is 0.319. The van der Waals surface area contributed by atoms with E-state index in [-0.39, 0.29) is 17.0 Å². The number of hydrogen-bond acceptors (Lipinski definition) is 10. The van der Waals surface area contributed by atoms with Gasteiger partial charge in [-0.2, -0.15) is 0 Å². The average Bonchev–Trinajstić information content (AvgIpc) is 3.12. The van der Waals surface area contributed by atoms with Crippen molar-refractivity contribution in [1.29, 1.82) is 0 Å². The van der Waals surface area contributed by atoms with E-state index in [0.29, 0.717) is 12.2 Å². The third-order valence-electron chi connectivity index (χ3n) is 4.67. The van der Waals surface area contributed by atoms with Crippen molar-refractivity contribution in [1.82, 2.24) is 19.7 Å². The Labute approximate surface area is 169 Å². The van der Waals surface area contributed by atoms with Gasteiger partial charge in [0.1, 0.15) is 30.5 Å². The van der Waals surface area contributed by atoms with Crippen LogP contribution >= 0.6 is 0 Å². The van der Waals surface area contributed by atoms with Crippen molar-refractivity contribution in [3.8, 4) is 0 Å². The van der Waals surface area contributed by atoms with Gasteiger partial charge in [0.05, 0.1) is 0 Å². The Kier molecular flexibility index (Phi) is 5.22.